The van der Waals surface area contributed by atoms with Crippen molar-refractivity contribution < 1.29 is 0 Å². The average molecular weight is 304 g/mol. The van der Waals surface area contributed by atoms with Crippen LogP contribution >= 0.6 is 0 Å². The largest absolute Gasteiger partial charge is 0.297 e. The lowest BCUT2D eigenvalue weighted by Gasteiger charge is -2.38. The highest BCUT2D eigenvalue weighted by molar-refractivity contribution is 4.92. The lowest BCUT2D eigenvalue weighted by Crippen LogP contribution is -2.45. The number of rotatable bonds is 3. The first-order valence-electron chi connectivity index (χ1n) is 10.7. The summed E-state index contributed by atoms with van der Waals surface area (Å²) in [6, 6.07) is 1.94. The van der Waals surface area contributed by atoms with E-state index in [4.69, 9.17) is 0 Å². The zero-order chi connectivity index (χ0) is 14.8. The van der Waals surface area contributed by atoms with Gasteiger partial charge in [-0.2, -0.15) is 0 Å². The van der Waals surface area contributed by atoms with Crippen LogP contribution in [0.25, 0.3) is 0 Å². The number of hydrogen-bond donors (Lipinski definition) is 0. The van der Waals surface area contributed by atoms with Gasteiger partial charge in [0, 0.05) is 12.1 Å². The van der Waals surface area contributed by atoms with Crippen LogP contribution in [0.1, 0.15) is 96.3 Å². The Morgan fingerprint density at radius 1 is 0.455 bits per heavy atom. The Bertz CT molecular complexity index is 308. The molecule has 1 nitrogen and oxygen atoms in total. The van der Waals surface area contributed by atoms with Gasteiger partial charge in [0.1, 0.15) is 0 Å². The van der Waals surface area contributed by atoms with Gasteiger partial charge >= 0.3 is 0 Å². The number of nitrogens with zero attached hydrogens (tertiary/aromatic N) is 1. The molecule has 0 radical (unpaired) electrons. The zero-order valence-electron chi connectivity index (χ0n) is 14.6. The minimum atomic E-state index is 0.966. The van der Waals surface area contributed by atoms with Gasteiger partial charge in [-0.3, -0.25) is 4.90 Å². The highest BCUT2D eigenvalue weighted by atomic mass is 15.2. The second-order valence-corrected chi connectivity index (χ2v) is 8.96. The van der Waals surface area contributed by atoms with Crippen LogP contribution in [0.15, 0.2) is 0 Å². The molecule has 3 saturated carbocycles. The van der Waals surface area contributed by atoms with Crippen molar-refractivity contribution >= 4 is 0 Å². The first kappa shape index (κ1) is 15.5. The molecule has 4 fully saturated rings. The first-order chi connectivity index (χ1) is 10.9. The molecule has 3 aliphatic carbocycles. The summed E-state index contributed by atoms with van der Waals surface area (Å²) in [5.74, 6) is 3.24. The number of likely N-dealkylation sites (tertiary alicyclic amines) is 1. The molecule has 0 aromatic rings. The van der Waals surface area contributed by atoms with Crippen LogP contribution in [0.4, 0.5) is 0 Å². The van der Waals surface area contributed by atoms with Gasteiger partial charge in [0.25, 0.3) is 0 Å². The predicted octanol–water partition coefficient (Wildman–Crippen LogP) is 5.78. The van der Waals surface area contributed by atoms with E-state index in [1.165, 1.54) is 64.3 Å². The van der Waals surface area contributed by atoms with Crippen LogP contribution in [0.2, 0.25) is 0 Å². The lowest BCUT2D eigenvalue weighted by atomic mass is 9.83. The van der Waals surface area contributed by atoms with E-state index in [1.54, 1.807) is 38.5 Å². The molecule has 0 bridgehead atoms. The molecule has 2 atom stereocenters. The second kappa shape index (κ2) is 7.24. The zero-order valence-corrected chi connectivity index (χ0v) is 14.6. The maximum Gasteiger partial charge on any atom is 0.0126 e. The molecule has 0 spiro atoms. The first-order valence-corrected chi connectivity index (χ1v) is 10.7. The molecule has 22 heavy (non-hydrogen) atoms. The summed E-state index contributed by atoms with van der Waals surface area (Å²) < 4.78 is 0. The molecule has 0 aromatic heterocycles. The van der Waals surface area contributed by atoms with E-state index in [-0.39, 0.29) is 0 Å². The van der Waals surface area contributed by atoms with Gasteiger partial charge in [0.15, 0.2) is 0 Å². The highest BCUT2D eigenvalue weighted by Crippen LogP contribution is 2.42. The molecular formula is C21H37N. The minimum absolute atomic E-state index is 0.966. The van der Waals surface area contributed by atoms with Crippen molar-refractivity contribution in [3.05, 3.63) is 0 Å². The van der Waals surface area contributed by atoms with Crippen LogP contribution in [0.5, 0.6) is 0 Å². The summed E-state index contributed by atoms with van der Waals surface area (Å²) in [7, 11) is 0. The van der Waals surface area contributed by atoms with Crippen molar-refractivity contribution in [1.82, 2.24) is 4.90 Å². The fourth-order valence-electron chi connectivity index (χ4n) is 6.61. The predicted molar refractivity (Wildman–Crippen MR) is 94.0 cm³/mol. The summed E-state index contributed by atoms with van der Waals surface area (Å²) in [4.78, 5) is 3.07. The Morgan fingerprint density at radius 2 is 1.00 bits per heavy atom. The van der Waals surface area contributed by atoms with E-state index in [9.17, 15) is 0 Å². The molecule has 0 N–H and O–H groups in total. The third-order valence-corrected chi connectivity index (χ3v) is 7.82. The van der Waals surface area contributed by atoms with E-state index in [1.807, 2.05) is 0 Å². The van der Waals surface area contributed by atoms with Crippen LogP contribution < -0.4 is 0 Å². The van der Waals surface area contributed by atoms with Crippen molar-refractivity contribution in [3.63, 3.8) is 0 Å². The summed E-state index contributed by atoms with van der Waals surface area (Å²) in [5.41, 5.74) is 0. The van der Waals surface area contributed by atoms with Gasteiger partial charge < -0.3 is 0 Å². The summed E-state index contributed by atoms with van der Waals surface area (Å²) in [6.07, 6.45) is 23.0. The second-order valence-electron chi connectivity index (χ2n) is 8.96. The minimum Gasteiger partial charge on any atom is -0.297 e. The fourth-order valence-corrected chi connectivity index (χ4v) is 6.61. The smallest absolute Gasteiger partial charge is 0.0126 e. The Hall–Kier alpha value is -0.0400. The Kier molecular flexibility index (Phi) is 5.10. The van der Waals surface area contributed by atoms with Gasteiger partial charge in [-0.1, -0.05) is 51.4 Å². The van der Waals surface area contributed by atoms with Crippen molar-refractivity contribution in [1.29, 1.82) is 0 Å². The monoisotopic (exact) mass is 303 g/mol. The summed E-state index contributed by atoms with van der Waals surface area (Å²) >= 11 is 0. The van der Waals surface area contributed by atoms with Crippen molar-refractivity contribution in [2.24, 2.45) is 17.8 Å². The summed E-state index contributed by atoms with van der Waals surface area (Å²) in [5, 5.41) is 0. The van der Waals surface area contributed by atoms with E-state index >= 15 is 0 Å². The van der Waals surface area contributed by atoms with Gasteiger partial charge in [-0.05, 0) is 69.2 Å². The average Bonchev–Trinajstić information content (AvgIpc) is 3.28. The van der Waals surface area contributed by atoms with Gasteiger partial charge in [-0.15, -0.1) is 0 Å². The van der Waals surface area contributed by atoms with E-state index < -0.39 is 0 Å². The molecule has 1 heteroatoms. The lowest BCUT2D eigenvalue weighted by molar-refractivity contribution is 0.0955. The quantitative estimate of drug-likeness (QED) is 0.638. The van der Waals surface area contributed by atoms with Crippen LogP contribution in [-0.2, 0) is 0 Å². The molecule has 0 amide bonds. The van der Waals surface area contributed by atoms with Crippen LogP contribution in [0, 0.1) is 17.8 Å². The molecule has 4 rings (SSSR count). The molecule has 2 unspecified atom stereocenters. The van der Waals surface area contributed by atoms with Crippen molar-refractivity contribution in [2.75, 3.05) is 6.54 Å². The van der Waals surface area contributed by atoms with Gasteiger partial charge in [0.2, 0.25) is 0 Å². The van der Waals surface area contributed by atoms with Crippen molar-refractivity contribution in [3.8, 4) is 0 Å². The number of hydrogen-bond acceptors (Lipinski definition) is 1. The highest BCUT2D eigenvalue weighted by Gasteiger charge is 2.38. The van der Waals surface area contributed by atoms with E-state index in [0.29, 0.717) is 0 Å². The van der Waals surface area contributed by atoms with Gasteiger partial charge in [0.05, 0.1) is 0 Å². The topological polar surface area (TPSA) is 3.24 Å². The standard InChI is InChI=1S/C21H37N/c1-2-8-17(7-1)18-13-14-21(19-9-3-4-10-19)22(16-15-18)20-11-5-6-12-20/h17-21H,1-16H2. The van der Waals surface area contributed by atoms with E-state index in [0.717, 1.165) is 29.8 Å². The Morgan fingerprint density at radius 3 is 1.68 bits per heavy atom. The molecule has 0 aromatic carbocycles. The normalized spacial score (nSPS) is 37.1. The van der Waals surface area contributed by atoms with E-state index in [2.05, 4.69) is 4.90 Å². The third-order valence-electron chi connectivity index (χ3n) is 7.82. The van der Waals surface area contributed by atoms with Crippen LogP contribution in [0.3, 0.4) is 0 Å². The SMILES string of the molecule is C1CCC(C2CCC(C3CCCC3)N(C3CCCC3)CC2)C1. The Balaban J connectivity index is 1.46. The van der Waals surface area contributed by atoms with Gasteiger partial charge in [-0.25, -0.2) is 0 Å². The molecular weight excluding hydrogens is 266 g/mol. The third kappa shape index (κ3) is 3.25. The summed E-state index contributed by atoms with van der Waals surface area (Å²) in [6.45, 7) is 1.45. The molecule has 4 aliphatic rings. The van der Waals surface area contributed by atoms with Crippen molar-refractivity contribution in [2.45, 2.75) is 108 Å². The molecule has 1 saturated heterocycles. The molecule has 1 heterocycles. The molecule has 126 valence electrons. The van der Waals surface area contributed by atoms with Crippen LogP contribution in [-0.4, -0.2) is 23.5 Å². The maximum atomic E-state index is 3.07. The Labute approximate surface area is 138 Å². The fraction of sp³-hybridized carbons (Fsp3) is 1.00. The maximum absolute atomic E-state index is 3.07. The molecule has 1 aliphatic heterocycles.